The van der Waals surface area contributed by atoms with Gasteiger partial charge < -0.3 is 21.7 Å². The largest absolute Gasteiger partial charge is 0.383 e. The van der Waals surface area contributed by atoms with Crippen LogP contribution in [0.2, 0.25) is 0 Å². The molecule has 1 heterocycles. The van der Waals surface area contributed by atoms with E-state index < -0.39 is 0 Å². The second-order valence-corrected chi connectivity index (χ2v) is 3.18. The van der Waals surface area contributed by atoms with E-state index in [0.717, 1.165) is 0 Å². The van der Waals surface area contributed by atoms with E-state index in [0.29, 0.717) is 5.82 Å². The number of nitrogen functional groups attached to an aromatic ring is 2. The summed E-state index contributed by atoms with van der Waals surface area (Å²) in [5.41, 5.74) is 10.8. The summed E-state index contributed by atoms with van der Waals surface area (Å²) >= 11 is 0. The van der Waals surface area contributed by atoms with Crippen LogP contribution in [0.1, 0.15) is 0 Å². The molecule has 0 aliphatic rings. The number of nitrogens with one attached hydrogen (secondary N) is 1. The third-order valence-electron chi connectivity index (χ3n) is 1.68. The standard InChI is InChI=1S/C8H14N6O/c1-14(2)7(15)4-11-6-3-5(9)12-8(10)13-6/h3H,4H2,1-2H3,(H5,9,10,11,12,13). The van der Waals surface area contributed by atoms with Gasteiger partial charge in [0.05, 0.1) is 6.54 Å². The van der Waals surface area contributed by atoms with Crippen LogP contribution in [0.4, 0.5) is 17.6 Å². The van der Waals surface area contributed by atoms with Crippen LogP contribution in [-0.2, 0) is 4.79 Å². The van der Waals surface area contributed by atoms with E-state index in [9.17, 15) is 4.79 Å². The maximum Gasteiger partial charge on any atom is 0.241 e. The van der Waals surface area contributed by atoms with Gasteiger partial charge in [0.25, 0.3) is 0 Å². The van der Waals surface area contributed by atoms with Gasteiger partial charge in [-0.15, -0.1) is 0 Å². The summed E-state index contributed by atoms with van der Waals surface area (Å²) < 4.78 is 0. The van der Waals surface area contributed by atoms with Gasteiger partial charge in [-0.05, 0) is 0 Å². The first-order chi connectivity index (χ1) is 6.99. The Morgan fingerprint density at radius 1 is 1.47 bits per heavy atom. The molecule has 1 aromatic heterocycles. The highest BCUT2D eigenvalue weighted by atomic mass is 16.2. The molecule has 0 bridgehead atoms. The molecular weight excluding hydrogens is 196 g/mol. The van der Waals surface area contributed by atoms with Crippen LogP contribution < -0.4 is 16.8 Å². The molecule has 1 aromatic rings. The van der Waals surface area contributed by atoms with Crippen molar-refractivity contribution in [2.75, 3.05) is 37.4 Å². The molecule has 7 heteroatoms. The fraction of sp³-hybridized carbons (Fsp3) is 0.375. The van der Waals surface area contributed by atoms with E-state index in [1.54, 1.807) is 14.1 Å². The Morgan fingerprint density at radius 3 is 2.67 bits per heavy atom. The summed E-state index contributed by atoms with van der Waals surface area (Å²) in [4.78, 5) is 20.3. The molecule has 0 radical (unpaired) electrons. The number of amides is 1. The number of hydrogen-bond donors (Lipinski definition) is 3. The lowest BCUT2D eigenvalue weighted by Crippen LogP contribution is -2.28. The molecule has 5 N–H and O–H groups in total. The summed E-state index contributed by atoms with van der Waals surface area (Å²) in [5, 5.41) is 2.81. The van der Waals surface area contributed by atoms with Crippen molar-refractivity contribution in [3.8, 4) is 0 Å². The fourth-order valence-corrected chi connectivity index (χ4v) is 0.900. The van der Waals surface area contributed by atoms with Crippen molar-refractivity contribution in [1.29, 1.82) is 0 Å². The van der Waals surface area contributed by atoms with Gasteiger partial charge in [0.2, 0.25) is 11.9 Å². The summed E-state index contributed by atoms with van der Waals surface area (Å²) in [5.74, 6) is 0.720. The maximum atomic E-state index is 11.2. The molecule has 1 amide bonds. The molecule has 0 aliphatic heterocycles. The molecule has 0 aliphatic carbocycles. The maximum absolute atomic E-state index is 11.2. The molecule has 0 unspecified atom stereocenters. The molecule has 0 saturated heterocycles. The van der Waals surface area contributed by atoms with E-state index in [1.807, 2.05) is 0 Å². The summed E-state index contributed by atoms with van der Waals surface area (Å²) in [7, 11) is 3.35. The van der Waals surface area contributed by atoms with Crippen LogP contribution in [0.15, 0.2) is 6.07 Å². The minimum absolute atomic E-state index is 0.0641. The Bertz CT molecular complexity index is 344. The lowest BCUT2D eigenvalue weighted by atomic mass is 10.5. The molecule has 0 saturated carbocycles. The Balaban J connectivity index is 2.61. The van der Waals surface area contributed by atoms with Gasteiger partial charge in [-0.25, -0.2) is 0 Å². The van der Waals surface area contributed by atoms with Crippen molar-refractivity contribution in [1.82, 2.24) is 14.9 Å². The number of rotatable bonds is 3. The van der Waals surface area contributed by atoms with Crippen molar-refractivity contribution >= 4 is 23.5 Å². The van der Waals surface area contributed by atoms with E-state index in [4.69, 9.17) is 11.5 Å². The minimum Gasteiger partial charge on any atom is -0.383 e. The Labute approximate surface area is 87.5 Å². The highest BCUT2D eigenvalue weighted by Crippen LogP contribution is 2.08. The van der Waals surface area contributed by atoms with Crippen LogP contribution in [0.3, 0.4) is 0 Å². The normalized spacial score (nSPS) is 9.73. The number of nitrogens with zero attached hydrogens (tertiary/aromatic N) is 3. The Morgan fingerprint density at radius 2 is 2.13 bits per heavy atom. The number of carbonyl (C=O) groups is 1. The van der Waals surface area contributed by atoms with Crippen LogP contribution >= 0.6 is 0 Å². The SMILES string of the molecule is CN(C)C(=O)CNc1cc(N)nc(N)n1. The number of carbonyl (C=O) groups excluding carboxylic acids is 1. The first-order valence-corrected chi connectivity index (χ1v) is 4.33. The van der Waals surface area contributed by atoms with Gasteiger partial charge in [0.1, 0.15) is 11.6 Å². The minimum atomic E-state index is -0.0641. The van der Waals surface area contributed by atoms with E-state index in [1.165, 1.54) is 11.0 Å². The van der Waals surface area contributed by atoms with Crippen molar-refractivity contribution in [2.45, 2.75) is 0 Å². The average Bonchev–Trinajstić information content (AvgIpc) is 2.12. The van der Waals surface area contributed by atoms with Crippen molar-refractivity contribution in [3.63, 3.8) is 0 Å². The number of hydrogen-bond acceptors (Lipinski definition) is 6. The highest BCUT2D eigenvalue weighted by molar-refractivity contribution is 5.80. The smallest absolute Gasteiger partial charge is 0.241 e. The molecule has 1 rings (SSSR count). The predicted molar refractivity (Wildman–Crippen MR) is 58.0 cm³/mol. The van der Waals surface area contributed by atoms with Gasteiger partial charge in [-0.2, -0.15) is 9.97 Å². The van der Waals surface area contributed by atoms with Crippen LogP contribution in [-0.4, -0.2) is 41.4 Å². The zero-order valence-electron chi connectivity index (χ0n) is 8.69. The van der Waals surface area contributed by atoms with Crippen molar-refractivity contribution in [2.24, 2.45) is 0 Å². The quantitative estimate of drug-likeness (QED) is 0.599. The fourth-order valence-electron chi connectivity index (χ4n) is 0.900. The third kappa shape index (κ3) is 3.29. The average molecular weight is 210 g/mol. The van der Waals surface area contributed by atoms with Gasteiger partial charge in [0.15, 0.2) is 0 Å². The number of likely N-dealkylation sites (N-methyl/N-ethyl adjacent to an activating group) is 1. The number of anilines is 3. The zero-order valence-corrected chi connectivity index (χ0v) is 8.69. The highest BCUT2D eigenvalue weighted by Gasteiger charge is 2.04. The van der Waals surface area contributed by atoms with Crippen LogP contribution in [0.5, 0.6) is 0 Å². The first kappa shape index (κ1) is 11.0. The monoisotopic (exact) mass is 210 g/mol. The van der Waals surface area contributed by atoms with Gasteiger partial charge in [-0.1, -0.05) is 0 Å². The summed E-state index contributed by atoms with van der Waals surface area (Å²) in [6.07, 6.45) is 0. The first-order valence-electron chi connectivity index (χ1n) is 4.33. The molecule has 0 fully saturated rings. The molecule has 7 nitrogen and oxygen atoms in total. The molecular formula is C8H14N6O. The van der Waals surface area contributed by atoms with Crippen LogP contribution in [0, 0.1) is 0 Å². The van der Waals surface area contributed by atoms with Crippen molar-refractivity contribution < 1.29 is 4.79 Å². The third-order valence-corrected chi connectivity index (χ3v) is 1.68. The second-order valence-electron chi connectivity index (χ2n) is 3.18. The zero-order chi connectivity index (χ0) is 11.4. The molecule has 0 aromatic carbocycles. The Hall–Kier alpha value is -2.05. The molecule has 0 spiro atoms. The van der Waals surface area contributed by atoms with E-state index in [-0.39, 0.29) is 24.2 Å². The van der Waals surface area contributed by atoms with Crippen LogP contribution in [0.25, 0.3) is 0 Å². The lowest BCUT2D eigenvalue weighted by Gasteiger charge is -2.11. The Kier molecular flexibility index (Phi) is 3.27. The lowest BCUT2D eigenvalue weighted by molar-refractivity contribution is -0.126. The number of aromatic nitrogens is 2. The number of nitrogens with two attached hydrogens (primary N) is 2. The molecule has 15 heavy (non-hydrogen) atoms. The summed E-state index contributed by atoms with van der Waals surface area (Å²) in [6, 6.07) is 1.51. The van der Waals surface area contributed by atoms with Gasteiger partial charge >= 0.3 is 0 Å². The second kappa shape index (κ2) is 4.45. The topological polar surface area (TPSA) is 110 Å². The predicted octanol–water partition coefficient (Wildman–Crippen LogP) is -0.859. The van der Waals surface area contributed by atoms with E-state index in [2.05, 4.69) is 15.3 Å². The molecule has 0 atom stereocenters. The summed E-state index contributed by atoms with van der Waals surface area (Å²) in [6.45, 7) is 0.142. The van der Waals surface area contributed by atoms with E-state index >= 15 is 0 Å². The van der Waals surface area contributed by atoms with Crippen molar-refractivity contribution in [3.05, 3.63) is 6.07 Å². The molecule has 82 valence electrons. The van der Waals surface area contributed by atoms with Gasteiger partial charge in [0, 0.05) is 20.2 Å². The van der Waals surface area contributed by atoms with Gasteiger partial charge in [-0.3, -0.25) is 4.79 Å².